The summed E-state index contributed by atoms with van der Waals surface area (Å²) in [6, 6.07) is 37.2. The average Bonchev–Trinajstić information content (AvgIpc) is 2.81. The minimum absolute atomic E-state index is 0.666. The zero-order valence-electron chi connectivity index (χ0n) is 16.3. The van der Waals surface area contributed by atoms with Gasteiger partial charge < -0.3 is 13.3 Å². The summed E-state index contributed by atoms with van der Waals surface area (Å²) in [5, 5.41) is 1.54. The maximum absolute atomic E-state index is 6.68. The molecule has 0 aliphatic carbocycles. The van der Waals surface area contributed by atoms with Crippen LogP contribution in [0.15, 0.2) is 115 Å². The Balaban J connectivity index is 1.85. The Hall–Kier alpha value is -3.02. The molecule has 0 N–H and O–H groups in total. The number of halogens is 1. The van der Waals surface area contributed by atoms with Crippen LogP contribution in [-0.2, 0) is 5.33 Å². The van der Waals surface area contributed by atoms with Gasteiger partial charge in [-0.1, -0.05) is 101 Å². The molecule has 150 valence electrons. The fraction of sp³-hybridized carbons (Fsp3) is 0.0400. The Kier molecular flexibility index (Phi) is 6.52. The van der Waals surface area contributed by atoms with E-state index in [1.165, 1.54) is 0 Å². The van der Waals surface area contributed by atoms with Crippen molar-refractivity contribution < 1.29 is 13.3 Å². The van der Waals surface area contributed by atoms with E-state index >= 15 is 0 Å². The van der Waals surface area contributed by atoms with Gasteiger partial charge in [-0.15, -0.1) is 0 Å². The van der Waals surface area contributed by atoms with Gasteiger partial charge in [0, 0.05) is 10.9 Å². The molecule has 5 heteroatoms. The lowest BCUT2D eigenvalue weighted by atomic mass is 10.2. The summed E-state index contributed by atoms with van der Waals surface area (Å²) in [4.78, 5) is 0. The molecule has 0 radical (unpaired) electrons. The highest BCUT2D eigenvalue weighted by Gasteiger charge is 2.52. The van der Waals surface area contributed by atoms with E-state index in [1.807, 2.05) is 115 Å². The lowest BCUT2D eigenvalue weighted by Crippen LogP contribution is -2.64. The number of rotatable bonds is 8. The highest BCUT2D eigenvalue weighted by molar-refractivity contribution is 9.08. The monoisotopic (exact) mass is 476 g/mol. The number of benzene rings is 4. The molecule has 0 bridgehead atoms. The Bertz CT molecular complexity index is 1020. The molecule has 0 atom stereocenters. The summed E-state index contributed by atoms with van der Waals surface area (Å²) in [7, 11) is -3.46. The minimum Gasteiger partial charge on any atom is -0.480 e. The van der Waals surface area contributed by atoms with Gasteiger partial charge in [0.1, 0.15) is 17.2 Å². The Morgan fingerprint density at radius 1 is 0.533 bits per heavy atom. The van der Waals surface area contributed by atoms with Gasteiger partial charge >= 0.3 is 8.80 Å². The SMILES string of the molecule is BrCc1ccccc1O[Si](Oc1ccccc1)(Oc1ccccc1)c1ccccc1. The van der Waals surface area contributed by atoms with Crippen molar-refractivity contribution in [2.24, 2.45) is 0 Å². The molecule has 0 amide bonds. The van der Waals surface area contributed by atoms with Crippen molar-refractivity contribution in [2.45, 2.75) is 5.33 Å². The van der Waals surface area contributed by atoms with Crippen molar-refractivity contribution in [2.75, 3.05) is 0 Å². The van der Waals surface area contributed by atoms with Crippen LogP contribution < -0.4 is 18.5 Å². The first-order valence-electron chi connectivity index (χ1n) is 9.65. The topological polar surface area (TPSA) is 27.7 Å². The lowest BCUT2D eigenvalue weighted by Gasteiger charge is -2.31. The van der Waals surface area contributed by atoms with Gasteiger partial charge in [-0.3, -0.25) is 0 Å². The van der Waals surface area contributed by atoms with Gasteiger partial charge in [-0.25, -0.2) is 0 Å². The zero-order chi connectivity index (χ0) is 20.7. The predicted molar refractivity (Wildman–Crippen MR) is 126 cm³/mol. The standard InChI is InChI=1S/C25H21BrO3Si/c26-20-21-12-10-11-19-25(21)29-30(24-17-8-3-9-18-24,27-22-13-4-1-5-14-22)28-23-15-6-2-7-16-23/h1-19H,20H2. The molecule has 0 aromatic heterocycles. The van der Waals surface area contributed by atoms with Gasteiger partial charge in [0.25, 0.3) is 0 Å². The van der Waals surface area contributed by atoms with Crippen molar-refractivity contribution in [1.29, 1.82) is 0 Å². The minimum atomic E-state index is -3.46. The van der Waals surface area contributed by atoms with Crippen LogP contribution in [0.5, 0.6) is 17.2 Å². The fourth-order valence-corrected chi connectivity index (χ4v) is 5.95. The van der Waals surface area contributed by atoms with Crippen molar-refractivity contribution in [3.8, 4) is 17.2 Å². The van der Waals surface area contributed by atoms with E-state index in [1.54, 1.807) is 0 Å². The van der Waals surface area contributed by atoms with E-state index in [-0.39, 0.29) is 0 Å². The van der Waals surface area contributed by atoms with Crippen molar-refractivity contribution in [1.82, 2.24) is 0 Å². The maximum atomic E-state index is 6.68. The smallest absolute Gasteiger partial charge is 0.480 e. The quantitative estimate of drug-likeness (QED) is 0.231. The van der Waals surface area contributed by atoms with Gasteiger partial charge in [-0.05, 0) is 30.3 Å². The van der Waals surface area contributed by atoms with Crippen molar-refractivity contribution in [3.05, 3.63) is 121 Å². The second-order valence-corrected chi connectivity index (χ2v) is 9.46. The molecular weight excluding hydrogens is 456 g/mol. The number of hydrogen-bond donors (Lipinski definition) is 0. The Morgan fingerprint density at radius 3 is 1.53 bits per heavy atom. The molecule has 0 heterocycles. The molecule has 3 nitrogen and oxygen atoms in total. The third kappa shape index (κ3) is 4.75. The van der Waals surface area contributed by atoms with E-state index in [0.717, 1.165) is 16.5 Å². The van der Waals surface area contributed by atoms with E-state index in [0.29, 0.717) is 16.8 Å². The summed E-state index contributed by atoms with van der Waals surface area (Å²) < 4.78 is 19.8. The maximum Gasteiger partial charge on any atom is 0.737 e. The van der Waals surface area contributed by atoms with Crippen molar-refractivity contribution >= 4 is 29.9 Å². The molecule has 0 saturated heterocycles. The van der Waals surface area contributed by atoms with Crippen LogP contribution in [0.25, 0.3) is 0 Å². The molecule has 30 heavy (non-hydrogen) atoms. The number of hydrogen-bond acceptors (Lipinski definition) is 3. The predicted octanol–water partition coefficient (Wildman–Crippen LogP) is 5.96. The van der Waals surface area contributed by atoms with E-state index < -0.39 is 8.80 Å². The largest absolute Gasteiger partial charge is 0.737 e. The Labute approximate surface area is 186 Å². The number of para-hydroxylation sites is 3. The van der Waals surface area contributed by atoms with Crippen LogP contribution in [0.2, 0.25) is 0 Å². The highest BCUT2D eigenvalue weighted by Crippen LogP contribution is 2.27. The van der Waals surface area contributed by atoms with Gasteiger partial charge in [-0.2, -0.15) is 0 Å². The first-order chi connectivity index (χ1) is 14.8. The molecular formula is C25H21BrO3Si. The van der Waals surface area contributed by atoms with E-state index in [2.05, 4.69) is 15.9 Å². The molecule has 0 unspecified atom stereocenters. The molecule has 0 fully saturated rings. The van der Waals surface area contributed by atoms with Crippen LogP contribution in [-0.4, -0.2) is 8.80 Å². The molecule has 4 aromatic carbocycles. The van der Waals surface area contributed by atoms with Crippen LogP contribution >= 0.6 is 15.9 Å². The van der Waals surface area contributed by atoms with Crippen LogP contribution in [0.1, 0.15) is 5.56 Å². The number of alkyl halides is 1. The first kappa shape index (κ1) is 20.3. The summed E-state index contributed by atoms with van der Waals surface area (Å²) in [5.41, 5.74) is 1.03. The molecule has 0 aliphatic rings. The summed E-state index contributed by atoms with van der Waals surface area (Å²) in [6.45, 7) is 0. The van der Waals surface area contributed by atoms with E-state index in [4.69, 9.17) is 13.3 Å². The molecule has 0 aliphatic heterocycles. The molecule has 0 saturated carbocycles. The average molecular weight is 477 g/mol. The van der Waals surface area contributed by atoms with Gasteiger partial charge in [0.05, 0.1) is 5.19 Å². The normalized spacial score (nSPS) is 11.0. The summed E-state index contributed by atoms with van der Waals surface area (Å²) >= 11 is 3.56. The van der Waals surface area contributed by atoms with Crippen LogP contribution in [0.4, 0.5) is 0 Å². The third-order valence-corrected chi connectivity index (χ3v) is 7.62. The van der Waals surface area contributed by atoms with Crippen molar-refractivity contribution in [3.63, 3.8) is 0 Å². The molecule has 4 aromatic rings. The Morgan fingerprint density at radius 2 is 1.00 bits per heavy atom. The summed E-state index contributed by atoms with van der Waals surface area (Å²) in [6.07, 6.45) is 0. The fourth-order valence-electron chi connectivity index (χ4n) is 3.03. The van der Waals surface area contributed by atoms with Gasteiger partial charge in [0.15, 0.2) is 0 Å². The van der Waals surface area contributed by atoms with E-state index in [9.17, 15) is 0 Å². The first-order valence-corrected chi connectivity index (χ1v) is 12.5. The third-order valence-electron chi connectivity index (χ3n) is 4.48. The summed E-state index contributed by atoms with van der Waals surface area (Å²) in [5.74, 6) is 2.12. The molecule has 0 spiro atoms. The van der Waals surface area contributed by atoms with Crippen LogP contribution in [0.3, 0.4) is 0 Å². The zero-order valence-corrected chi connectivity index (χ0v) is 18.9. The second-order valence-electron chi connectivity index (χ2n) is 6.60. The van der Waals surface area contributed by atoms with Gasteiger partial charge in [0.2, 0.25) is 0 Å². The van der Waals surface area contributed by atoms with Crippen LogP contribution in [0, 0.1) is 0 Å². The molecule has 4 rings (SSSR count). The lowest BCUT2D eigenvalue weighted by molar-refractivity contribution is 0.280. The highest BCUT2D eigenvalue weighted by atomic mass is 79.9. The second kappa shape index (κ2) is 9.65.